The summed E-state index contributed by atoms with van der Waals surface area (Å²) in [5.74, 6) is -1.14. The normalized spacial score (nSPS) is 22.1. The van der Waals surface area contributed by atoms with Gasteiger partial charge in [0.1, 0.15) is 0 Å². The Kier molecular flexibility index (Phi) is 2.45. The van der Waals surface area contributed by atoms with Crippen molar-refractivity contribution in [2.45, 2.75) is 18.8 Å². The monoisotopic (exact) mass is 198 g/mol. The molecule has 0 aliphatic carbocycles. The number of carboxylic acid groups (broad SMARTS) is 1. The summed E-state index contributed by atoms with van der Waals surface area (Å²) in [6.07, 6.45) is 1.84. The molecule has 2 heterocycles. The van der Waals surface area contributed by atoms with Crippen LogP contribution in [0.4, 0.5) is 0 Å². The number of carboxylic acids is 1. The van der Waals surface area contributed by atoms with Gasteiger partial charge in [0.15, 0.2) is 0 Å². The zero-order valence-electron chi connectivity index (χ0n) is 7.47. The Morgan fingerprint density at radius 3 is 2.93 bits per heavy atom. The second-order valence-corrected chi connectivity index (χ2v) is 3.16. The van der Waals surface area contributed by atoms with Gasteiger partial charge in [-0.1, -0.05) is 0 Å². The Hall–Kier alpha value is -1.43. The lowest BCUT2D eigenvalue weighted by Gasteiger charge is -2.18. The Labute approximate surface area is 79.9 Å². The second-order valence-electron chi connectivity index (χ2n) is 3.16. The van der Waals surface area contributed by atoms with Crippen molar-refractivity contribution in [2.75, 3.05) is 13.2 Å². The lowest BCUT2D eigenvalue weighted by molar-refractivity contribution is 0.0621. The van der Waals surface area contributed by atoms with Crippen LogP contribution in [0.1, 0.15) is 35.3 Å². The predicted octanol–water partition coefficient (Wildman–Crippen LogP) is 0.662. The fourth-order valence-electron chi connectivity index (χ4n) is 1.42. The molecule has 2 rings (SSSR count). The summed E-state index contributed by atoms with van der Waals surface area (Å²) >= 11 is 0. The van der Waals surface area contributed by atoms with Crippen LogP contribution < -0.4 is 0 Å². The van der Waals surface area contributed by atoms with E-state index in [0.717, 1.165) is 19.4 Å². The van der Waals surface area contributed by atoms with Crippen LogP contribution in [0.3, 0.4) is 0 Å². The third kappa shape index (κ3) is 1.74. The Bertz CT molecular complexity index is 330. The fourth-order valence-corrected chi connectivity index (χ4v) is 1.42. The van der Waals surface area contributed by atoms with Gasteiger partial charge in [0.25, 0.3) is 0 Å². The molecule has 1 aromatic heterocycles. The quantitative estimate of drug-likeness (QED) is 0.751. The lowest BCUT2D eigenvalue weighted by Crippen LogP contribution is -2.15. The molecule has 0 spiro atoms. The van der Waals surface area contributed by atoms with Gasteiger partial charge in [0.05, 0.1) is 12.5 Å². The molecule has 1 unspecified atom stereocenters. The van der Waals surface area contributed by atoms with Crippen molar-refractivity contribution in [3.8, 4) is 0 Å². The van der Waals surface area contributed by atoms with Gasteiger partial charge in [-0.15, -0.1) is 10.2 Å². The highest BCUT2D eigenvalue weighted by Gasteiger charge is 2.23. The Balaban J connectivity index is 2.11. The molecule has 76 valence electrons. The molecule has 6 nitrogen and oxygen atoms in total. The van der Waals surface area contributed by atoms with Gasteiger partial charge in [0, 0.05) is 6.61 Å². The molecule has 6 heteroatoms. The molecular weight excluding hydrogens is 188 g/mol. The van der Waals surface area contributed by atoms with Crippen LogP contribution in [0, 0.1) is 0 Å². The highest BCUT2D eigenvalue weighted by atomic mass is 16.5. The molecule has 1 aliphatic rings. The zero-order valence-corrected chi connectivity index (χ0v) is 7.47. The second kappa shape index (κ2) is 3.75. The van der Waals surface area contributed by atoms with E-state index < -0.39 is 5.97 Å². The third-order valence-electron chi connectivity index (χ3n) is 2.13. The van der Waals surface area contributed by atoms with E-state index in [1.54, 1.807) is 0 Å². The smallest absolute Gasteiger partial charge is 0.393 e. The van der Waals surface area contributed by atoms with Crippen molar-refractivity contribution >= 4 is 5.97 Å². The first-order valence-corrected chi connectivity index (χ1v) is 4.42. The SMILES string of the molecule is O=C(O)c1nnc(C2CCCOC2)o1. The number of carbonyl (C=O) groups is 1. The molecular formula is C8H10N2O4. The minimum absolute atomic E-state index is 0.0457. The van der Waals surface area contributed by atoms with Crippen LogP contribution in [-0.4, -0.2) is 34.5 Å². The molecule has 0 aromatic carbocycles. The van der Waals surface area contributed by atoms with E-state index in [-0.39, 0.29) is 11.8 Å². The van der Waals surface area contributed by atoms with Crippen molar-refractivity contribution in [3.05, 3.63) is 11.8 Å². The number of aromatic carboxylic acids is 1. The molecule has 14 heavy (non-hydrogen) atoms. The van der Waals surface area contributed by atoms with E-state index in [1.807, 2.05) is 0 Å². The molecule has 1 aromatic rings. The summed E-state index contributed by atoms with van der Waals surface area (Å²) < 4.78 is 10.2. The highest BCUT2D eigenvalue weighted by molar-refractivity contribution is 5.81. The largest absolute Gasteiger partial charge is 0.474 e. The van der Waals surface area contributed by atoms with Crippen molar-refractivity contribution in [1.29, 1.82) is 0 Å². The van der Waals surface area contributed by atoms with Crippen LogP contribution in [0.15, 0.2) is 4.42 Å². The Morgan fingerprint density at radius 2 is 2.36 bits per heavy atom. The van der Waals surface area contributed by atoms with Gasteiger partial charge in [0.2, 0.25) is 5.89 Å². The van der Waals surface area contributed by atoms with Gasteiger partial charge in [-0.05, 0) is 12.8 Å². The highest BCUT2D eigenvalue weighted by Crippen LogP contribution is 2.23. The number of ether oxygens (including phenoxy) is 1. The maximum atomic E-state index is 10.5. The maximum Gasteiger partial charge on any atom is 0.393 e. The van der Waals surface area contributed by atoms with Gasteiger partial charge in [-0.25, -0.2) is 4.79 Å². The molecule has 0 radical (unpaired) electrons. The molecule has 1 aliphatic heterocycles. The number of rotatable bonds is 2. The molecule has 0 saturated carbocycles. The van der Waals surface area contributed by atoms with Crippen molar-refractivity contribution < 1.29 is 19.1 Å². The van der Waals surface area contributed by atoms with E-state index in [1.165, 1.54) is 0 Å². The van der Waals surface area contributed by atoms with E-state index in [9.17, 15) is 4.79 Å². The zero-order chi connectivity index (χ0) is 9.97. The fraction of sp³-hybridized carbons (Fsp3) is 0.625. The standard InChI is InChI=1S/C8H10N2O4/c11-8(12)7-10-9-6(14-7)5-2-1-3-13-4-5/h5H,1-4H2,(H,11,12). The molecule has 1 saturated heterocycles. The van der Waals surface area contributed by atoms with Crippen LogP contribution in [0.5, 0.6) is 0 Å². The summed E-state index contributed by atoms with van der Waals surface area (Å²) in [4.78, 5) is 10.5. The van der Waals surface area contributed by atoms with E-state index in [2.05, 4.69) is 10.2 Å². The number of hydrogen-bond donors (Lipinski definition) is 1. The predicted molar refractivity (Wildman–Crippen MR) is 44.1 cm³/mol. The number of nitrogens with zero attached hydrogens (tertiary/aromatic N) is 2. The maximum absolute atomic E-state index is 10.5. The minimum atomic E-state index is -1.19. The van der Waals surface area contributed by atoms with Gasteiger partial charge >= 0.3 is 11.9 Å². The number of hydrogen-bond acceptors (Lipinski definition) is 5. The molecule has 1 atom stereocenters. The van der Waals surface area contributed by atoms with Crippen LogP contribution >= 0.6 is 0 Å². The van der Waals surface area contributed by atoms with Crippen LogP contribution in [0.2, 0.25) is 0 Å². The minimum Gasteiger partial charge on any atom is -0.474 e. The Morgan fingerprint density at radius 1 is 1.50 bits per heavy atom. The summed E-state index contributed by atoms with van der Waals surface area (Å²) in [6, 6.07) is 0. The average Bonchev–Trinajstić information content (AvgIpc) is 2.68. The van der Waals surface area contributed by atoms with Gasteiger partial charge in [-0.2, -0.15) is 0 Å². The first-order valence-electron chi connectivity index (χ1n) is 4.42. The molecule has 0 amide bonds. The van der Waals surface area contributed by atoms with Crippen molar-refractivity contribution in [1.82, 2.24) is 10.2 Å². The first kappa shape index (κ1) is 9.14. The summed E-state index contributed by atoms with van der Waals surface area (Å²) in [5, 5.41) is 15.7. The van der Waals surface area contributed by atoms with Gasteiger partial charge in [-0.3, -0.25) is 0 Å². The summed E-state index contributed by atoms with van der Waals surface area (Å²) in [7, 11) is 0. The topological polar surface area (TPSA) is 85.5 Å². The van der Waals surface area contributed by atoms with Crippen LogP contribution in [-0.2, 0) is 4.74 Å². The average molecular weight is 198 g/mol. The summed E-state index contributed by atoms with van der Waals surface area (Å²) in [6.45, 7) is 1.28. The molecule has 0 bridgehead atoms. The van der Waals surface area contributed by atoms with Crippen LogP contribution in [0.25, 0.3) is 0 Å². The van der Waals surface area contributed by atoms with E-state index in [0.29, 0.717) is 12.5 Å². The van der Waals surface area contributed by atoms with E-state index >= 15 is 0 Å². The van der Waals surface area contributed by atoms with Gasteiger partial charge < -0.3 is 14.3 Å². The van der Waals surface area contributed by atoms with Crippen molar-refractivity contribution in [2.24, 2.45) is 0 Å². The first-order chi connectivity index (χ1) is 6.77. The van der Waals surface area contributed by atoms with E-state index in [4.69, 9.17) is 14.3 Å². The third-order valence-corrected chi connectivity index (χ3v) is 2.13. The van der Waals surface area contributed by atoms with Crippen molar-refractivity contribution in [3.63, 3.8) is 0 Å². The lowest BCUT2D eigenvalue weighted by atomic mass is 10.0. The molecule has 1 fully saturated rings. The number of aromatic nitrogens is 2. The molecule has 1 N–H and O–H groups in total. The summed E-state index contributed by atoms with van der Waals surface area (Å²) in [5.41, 5.74) is 0.